The van der Waals surface area contributed by atoms with Crippen molar-refractivity contribution in [3.05, 3.63) is 53.1 Å². The van der Waals surface area contributed by atoms with E-state index in [1.807, 2.05) is 6.07 Å². The molecule has 3 rings (SSSR count). The van der Waals surface area contributed by atoms with Gasteiger partial charge in [-0.3, -0.25) is 0 Å². The minimum atomic E-state index is -0.454. The first-order valence-corrected chi connectivity index (χ1v) is 7.71. The molecule has 1 unspecified atom stereocenters. The number of methoxy groups -OCH3 is 1. The normalized spacial score (nSPS) is 20.5. The van der Waals surface area contributed by atoms with Crippen LogP contribution in [0.25, 0.3) is 11.1 Å². The highest BCUT2D eigenvalue weighted by molar-refractivity contribution is 5.69. The highest BCUT2D eigenvalue weighted by Gasteiger charge is 2.29. The third kappa shape index (κ3) is 2.74. The molecule has 0 bridgehead atoms. The van der Waals surface area contributed by atoms with Crippen LogP contribution in [0.5, 0.6) is 5.75 Å². The number of benzene rings is 2. The largest absolute Gasteiger partial charge is 0.497 e. The number of hydrogen-bond donors (Lipinski definition) is 2. The van der Waals surface area contributed by atoms with E-state index in [4.69, 9.17) is 10.5 Å². The molecule has 0 radical (unpaired) electrons. The molecule has 1 aliphatic rings. The number of fused-ring (bicyclic) bond motifs is 1. The lowest BCUT2D eigenvalue weighted by Crippen LogP contribution is -2.48. The molecule has 0 heterocycles. The Labute approximate surface area is 131 Å². The van der Waals surface area contributed by atoms with Gasteiger partial charge in [-0.15, -0.1) is 0 Å². The van der Waals surface area contributed by atoms with Crippen molar-refractivity contribution in [2.75, 3.05) is 13.7 Å². The Balaban J connectivity index is 1.95. The van der Waals surface area contributed by atoms with Gasteiger partial charge in [0.2, 0.25) is 0 Å². The summed E-state index contributed by atoms with van der Waals surface area (Å²) in [4.78, 5) is 0. The van der Waals surface area contributed by atoms with E-state index in [0.29, 0.717) is 0 Å². The number of nitrogens with two attached hydrogens (primary N) is 1. The van der Waals surface area contributed by atoms with Gasteiger partial charge in [0.15, 0.2) is 0 Å². The Morgan fingerprint density at radius 3 is 2.68 bits per heavy atom. The first-order chi connectivity index (χ1) is 10.5. The molecule has 0 spiro atoms. The van der Waals surface area contributed by atoms with Crippen molar-refractivity contribution in [1.82, 2.24) is 0 Å². The minimum absolute atomic E-state index is 0.0474. The highest BCUT2D eigenvalue weighted by Crippen LogP contribution is 2.32. The molecule has 1 aliphatic carbocycles. The summed E-state index contributed by atoms with van der Waals surface area (Å²) in [5.74, 6) is 0.884. The molecule has 0 saturated carbocycles. The second-order valence-electron chi connectivity index (χ2n) is 6.36. The standard InChI is InChI=1S/C19H23NO2/c1-13-9-17(22-2)5-6-18(13)15-3-4-16-11-19(20,12-21)8-7-14(16)10-15/h3-6,9-10,21H,7-8,11-12,20H2,1-2H3. The molecular formula is C19H23NO2. The lowest BCUT2D eigenvalue weighted by molar-refractivity contribution is 0.181. The molecule has 2 aromatic carbocycles. The maximum absolute atomic E-state index is 9.46. The van der Waals surface area contributed by atoms with Crippen LogP contribution in [0, 0.1) is 6.92 Å². The van der Waals surface area contributed by atoms with Crippen molar-refractivity contribution in [1.29, 1.82) is 0 Å². The van der Waals surface area contributed by atoms with Crippen LogP contribution >= 0.6 is 0 Å². The zero-order chi connectivity index (χ0) is 15.7. The molecule has 0 aliphatic heterocycles. The van der Waals surface area contributed by atoms with Crippen molar-refractivity contribution >= 4 is 0 Å². The molecule has 0 saturated heterocycles. The number of ether oxygens (including phenoxy) is 1. The molecule has 116 valence electrons. The van der Waals surface area contributed by atoms with Crippen LogP contribution in [0.1, 0.15) is 23.1 Å². The van der Waals surface area contributed by atoms with Crippen LogP contribution < -0.4 is 10.5 Å². The number of aliphatic hydroxyl groups is 1. The average molecular weight is 297 g/mol. The van der Waals surface area contributed by atoms with Gasteiger partial charge >= 0.3 is 0 Å². The molecule has 0 amide bonds. The molecule has 1 atom stereocenters. The summed E-state index contributed by atoms with van der Waals surface area (Å²) in [5, 5.41) is 9.46. The fraction of sp³-hybridized carbons (Fsp3) is 0.368. The Kier molecular flexibility index (Phi) is 3.94. The van der Waals surface area contributed by atoms with Crippen molar-refractivity contribution < 1.29 is 9.84 Å². The SMILES string of the molecule is COc1ccc(-c2ccc3c(c2)CCC(N)(CO)C3)c(C)c1. The lowest BCUT2D eigenvalue weighted by atomic mass is 9.78. The molecule has 0 aromatic heterocycles. The first kappa shape index (κ1) is 15.1. The Morgan fingerprint density at radius 1 is 1.18 bits per heavy atom. The molecule has 2 aromatic rings. The van der Waals surface area contributed by atoms with Gasteiger partial charge in [-0.1, -0.05) is 24.3 Å². The Hall–Kier alpha value is -1.84. The molecule has 3 N–H and O–H groups in total. The molecule has 22 heavy (non-hydrogen) atoms. The second kappa shape index (κ2) is 5.75. The Bertz CT molecular complexity index is 696. The van der Waals surface area contributed by atoms with Crippen molar-refractivity contribution in [2.45, 2.75) is 31.7 Å². The quantitative estimate of drug-likeness (QED) is 0.916. The van der Waals surface area contributed by atoms with E-state index in [-0.39, 0.29) is 6.61 Å². The monoisotopic (exact) mass is 297 g/mol. The van der Waals surface area contributed by atoms with E-state index >= 15 is 0 Å². The van der Waals surface area contributed by atoms with Gasteiger partial charge in [0.05, 0.1) is 13.7 Å². The first-order valence-electron chi connectivity index (χ1n) is 7.71. The predicted molar refractivity (Wildman–Crippen MR) is 89.2 cm³/mol. The summed E-state index contributed by atoms with van der Waals surface area (Å²) in [6, 6.07) is 12.7. The summed E-state index contributed by atoms with van der Waals surface area (Å²) in [6.07, 6.45) is 2.51. The number of aryl methyl sites for hydroxylation is 2. The molecular weight excluding hydrogens is 274 g/mol. The van der Waals surface area contributed by atoms with Crippen LogP contribution in [0.2, 0.25) is 0 Å². The van der Waals surface area contributed by atoms with Crippen molar-refractivity contribution in [3.8, 4) is 16.9 Å². The fourth-order valence-corrected chi connectivity index (χ4v) is 3.27. The highest BCUT2D eigenvalue weighted by atomic mass is 16.5. The summed E-state index contributed by atoms with van der Waals surface area (Å²) in [6.45, 7) is 2.15. The molecule has 0 fully saturated rings. The van der Waals surface area contributed by atoms with Crippen LogP contribution in [0.4, 0.5) is 0 Å². The molecule has 3 heteroatoms. The van der Waals surface area contributed by atoms with Crippen molar-refractivity contribution in [2.24, 2.45) is 5.73 Å². The predicted octanol–water partition coefficient (Wildman–Crippen LogP) is 2.85. The van der Waals surface area contributed by atoms with Gasteiger partial charge in [0.1, 0.15) is 5.75 Å². The summed E-state index contributed by atoms with van der Waals surface area (Å²) in [7, 11) is 1.69. The lowest BCUT2D eigenvalue weighted by Gasteiger charge is -2.33. The minimum Gasteiger partial charge on any atom is -0.497 e. The average Bonchev–Trinajstić information content (AvgIpc) is 2.54. The number of hydrogen-bond acceptors (Lipinski definition) is 3. The van der Waals surface area contributed by atoms with Gasteiger partial charge in [-0.05, 0) is 66.1 Å². The van der Waals surface area contributed by atoms with E-state index in [2.05, 4.69) is 37.3 Å². The Morgan fingerprint density at radius 2 is 2.00 bits per heavy atom. The van der Waals surface area contributed by atoms with Crippen LogP contribution in [0.15, 0.2) is 36.4 Å². The van der Waals surface area contributed by atoms with E-state index < -0.39 is 5.54 Å². The maximum atomic E-state index is 9.46. The summed E-state index contributed by atoms with van der Waals surface area (Å²) >= 11 is 0. The van der Waals surface area contributed by atoms with Crippen molar-refractivity contribution in [3.63, 3.8) is 0 Å². The van der Waals surface area contributed by atoms with E-state index in [1.165, 1.54) is 27.8 Å². The van der Waals surface area contributed by atoms with E-state index in [0.717, 1.165) is 25.0 Å². The fourth-order valence-electron chi connectivity index (χ4n) is 3.27. The number of aliphatic hydroxyl groups excluding tert-OH is 1. The number of rotatable bonds is 3. The van der Waals surface area contributed by atoms with Gasteiger partial charge in [-0.25, -0.2) is 0 Å². The third-order valence-corrected chi connectivity index (χ3v) is 4.70. The summed E-state index contributed by atoms with van der Waals surface area (Å²) in [5.41, 5.74) is 12.0. The van der Waals surface area contributed by atoms with Crippen LogP contribution in [-0.4, -0.2) is 24.4 Å². The zero-order valence-electron chi connectivity index (χ0n) is 13.2. The van der Waals surface area contributed by atoms with Gasteiger partial charge in [-0.2, -0.15) is 0 Å². The van der Waals surface area contributed by atoms with Gasteiger partial charge < -0.3 is 15.6 Å². The smallest absolute Gasteiger partial charge is 0.119 e. The second-order valence-corrected chi connectivity index (χ2v) is 6.36. The zero-order valence-corrected chi connectivity index (χ0v) is 13.2. The van der Waals surface area contributed by atoms with Gasteiger partial charge in [0, 0.05) is 5.54 Å². The van der Waals surface area contributed by atoms with Gasteiger partial charge in [0.25, 0.3) is 0 Å². The van der Waals surface area contributed by atoms with E-state index in [1.54, 1.807) is 7.11 Å². The van der Waals surface area contributed by atoms with Crippen LogP contribution in [-0.2, 0) is 12.8 Å². The molecule has 3 nitrogen and oxygen atoms in total. The van der Waals surface area contributed by atoms with Crippen LogP contribution in [0.3, 0.4) is 0 Å². The topological polar surface area (TPSA) is 55.5 Å². The third-order valence-electron chi connectivity index (χ3n) is 4.70. The van der Waals surface area contributed by atoms with E-state index in [9.17, 15) is 5.11 Å². The summed E-state index contributed by atoms with van der Waals surface area (Å²) < 4.78 is 5.27. The maximum Gasteiger partial charge on any atom is 0.119 e.